The highest BCUT2D eigenvalue weighted by atomic mass is 35.5. The maximum atomic E-state index is 13.6. The molecular formula is C23H29Cl2N3O4S. The molecule has 1 N–H and O–H groups in total. The zero-order valence-electron chi connectivity index (χ0n) is 19.4. The van der Waals surface area contributed by atoms with Crippen molar-refractivity contribution in [3.8, 4) is 0 Å². The van der Waals surface area contributed by atoms with Gasteiger partial charge in [-0.25, -0.2) is 8.42 Å². The van der Waals surface area contributed by atoms with Gasteiger partial charge in [0.2, 0.25) is 21.8 Å². The Morgan fingerprint density at radius 2 is 1.70 bits per heavy atom. The van der Waals surface area contributed by atoms with Crippen molar-refractivity contribution in [3.05, 3.63) is 63.1 Å². The Bertz CT molecular complexity index is 1120. The van der Waals surface area contributed by atoms with E-state index in [0.29, 0.717) is 33.3 Å². The summed E-state index contributed by atoms with van der Waals surface area (Å²) in [5.74, 6) is -0.918. The van der Waals surface area contributed by atoms with Crippen molar-refractivity contribution < 1.29 is 18.0 Å². The topological polar surface area (TPSA) is 86.8 Å². The lowest BCUT2D eigenvalue weighted by Crippen LogP contribution is -2.51. The van der Waals surface area contributed by atoms with Gasteiger partial charge in [0.15, 0.2) is 0 Å². The number of nitrogens with zero attached hydrogens (tertiary/aromatic N) is 2. The summed E-state index contributed by atoms with van der Waals surface area (Å²) >= 11 is 12.6. The minimum absolute atomic E-state index is 0.0479. The second-order valence-electron chi connectivity index (χ2n) is 7.82. The van der Waals surface area contributed by atoms with Gasteiger partial charge in [-0.1, -0.05) is 53.9 Å². The van der Waals surface area contributed by atoms with Crippen LogP contribution in [0.5, 0.6) is 0 Å². The van der Waals surface area contributed by atoms with Gasteiger partial charge in [-0.05, 0) is 44.0 Å². The Morgan fingerprint density at radius 1 is 1.09 bits per heavy atom. The Morgan fingerprint density at radius 3 is 2.18 bits per heavy atom. The monoisotopic (exact) mass is 513 g/mol. The van der Waals surface area contributed by atoms with Crippen LogP contribution in [-0.2, 0) is 26.2 Å². The van der Waals surface area contributed by atoms with E-state index in [4.69, 9.17) is 23.2 Å². The normalized spacial score (nSPS) is 12.2. The molecule has 2 rings (SSSR count). The molecule has 1 unspecified atom stereocenters. The van der Waals surface area contributed by atoms with Crippen LogP contribution in [0.1, 0.15) is 30.0 Å². The Hall–Kier alpha value is -2.29. The fourth-order valence-electron chi connectivity index (χ4n) is 3.62. The number of rotatable bonds is 9. The third-order valence-electron chi connectivity index (χ3n) is 5.32. The van der Waals surface area contributed by atoms with E-state index in [2.05, 4.69) is 5.32 Å². The van der Waals surface area contributed by atoms with Crippen molar-refractivity contribution >= 4 is 50.7 Å². The number of nitrogens with one attached hydrogen (secondary N) is 1. The van der Waals surface area contributed by atoms with Crippen molar-refractivity contribution in [1.82, 2.24) is 10.2 Å². The van der Waals surface area contributed by atoms with Crippen LogP contribution >= 0.6 is 23.2 Å². The highest BCUT2D eigenvalue weighted by molar-refractivity contribution is 7.92. The first-order chi connectivity index (χ1) is 15.4. The zero-order valence-corrected chi connectivity index (χ0v) is 21.7. The molecule has 33 heavy (non-hydrogen) atoms. The molecule has 2 amide bonds. The van der Waals surface area contributed by atoms with Gasteiger partial charge in [-0.3, -0.25) is 13.9 Å². The highest BCUT2D eigenvalue weighted by Crippen LogP contribution is 2.28. The molecule has 0 bridgehead atoms. The predicted octanol–water partition coefficient (Wildman–Crippen LogP) is 3.93. The Kier molecular flexibility index (Phi) is 9.17. The molecule has 0 aliphatic rings. The highest BCUT2D eigenvalue weighted by Gasteiger charge is 2.32. The van der Waals surface area contributed by atoms with Gasteiger partial charge in [0.1, 0.15) is 12.6 Å². The van der Waals surface area contributed by atoms with Crippen LogP contribution in [-0.4, -0.2) is 51.0 Å². The van der Waals surface area contributed by atoms with Gasteiger partial charge in [0.25, 0.3) is 0 Å². The van der Waals surface area contributed by atoms with Crippen LogP contribution in [0.2, 0.25) is 10.0 Å². The summed E-state index contributed by atoms with van der Waals surface area (Å²) in [5, 5.41) is 3.26. The summed E-state index contributed by atoms with van der Waals surface area (Å²) in [7, 11) is -2.32. The third kappa shape index (κ3) is 6.62. The Balaban J connectivity index is 2.52. The van der Waals surface area contributed by atoms with E-state index < -0.39 is 28.5 Å². The minimum atomic E-state index is -3.80. The summed E-state index contributed by atoms with van der Waals surface area (Å²) in [6.07, 6.45) is 1.36. The third-order valence-corrected chi connectivity index (χ3v) is 7.16. The van der Waals surface area contributed by atoms with Crippen LogP contribution < -0.4 is 9.62 Å². The zero-order chi connectivity index (χ0) is 24.9. The molecule has 2 aromatic rings. The molecule has 0 fully saturated rings. The maximum absolute atomic E-state index is 13.6. The van der Waals surface area contributed by atoms with Crippen LogP contribution in [0.15, 0.2) is 36.4 Å². The van der Waals surface area contributed by atoms with E-state index in [9.17, 15) is 18.0 Å². The number of benzene rings is 2. The molecular weight excluding hydrogens is 485 g/mol. The van der Waals surface area contributed by atoms with Crippen molar-refractivity contribution in [2.24, 2.45) is 0 Å². The smallest absolute Gasteiger partial charge is 0.244 e. The Labute approximate surface area is 205 Å². The summed E-state index contributed by atoms with van der Waals surface area (Å²) in [5.41, 5.74) is 2.57. The quantitative estimate of drug-likeness (QED) is 0.550. The lowest BCUT2D eigenvalue weighted by Gasteiger charge is -2.33. The number of aryl methyl sites for hydroxylation is 2. The first kappa shape index (κ1) is 27.0. The molecule has 0 aliphatic heterocycles. The average molecular weight is 514 g/mol. The van der Waals surface area contributed by atoms with Gasteiger partial charge in [-0.2, -0.15) is 0 Å². The molecule has 0 saturated heterocycles. The molecule has 0 saturated carbocycles. The fraction of sp³-hybridized carbons (Fsp3) is 0.391. The largest absolute Gasteiger partial charge is 0.357 e. The first-order valence-corrected chi connectivity index (χ1v) is 13.0. The number of anilines is 1. The van der Waals surface area contributed by atoms with Crippen LogP contribution in [0.3, 0.4) is 0 Å². The molecule has 0 aromatic heterocycles. The molecule has 180 valence electrons. The number of amides is 2. The minimum Gasteiger partial charge on any atom is -0.357 e. The van der Waals surface area contributed by atoms with Crippen molar-refractivity contribution in [2.45, 2.75) is 39.8 Å². The molecule has 1 atom stereocenters. The molecule has 7 nitrogen and oxygen atoms in total. The molecule has 0 radical (unpaired) electrons. The standard InChI is InChI=1S/C23H29Cl2N3O4S/c1-6-20(23(30)26-4)27(13-17-18(24)8-7-9-19(17)25)22(29)14-28(33(5,31)32)21-11-10-15(2)12-16(21)3/h7-12,20H,6,13-14H2,1-5H3,(H,26,30). The van der Waals surface area contributed by atoms with E-state index in [0.717, 1.165) is 16.1 Å². The van der Waals surface area contributed by atoms with E-state index in [-0.39, 0.29) is 12.5 Å². The van der Waals surface area contributed by atoms with Crippen molar-refractivity contribution in [3.63, 3.8) is 0 Å². The lowest BCUT2D eigenvalue weighted by atomic mass is 10.1. The lowest BCUT2D eigenvalue weighted by molar-refractivity contribution is -0.140. The molecule has 2 aromatic carbocycles. The van der Waals surface area contributed by atoms with Gasteiger partial charge in [-0.15, -0.1) is 0 Å². The van der Waals surface area contributed by atoms with Crippen LogP contribution in [0, 0.1) is 13.8 Å². The number of carbonyl (C=O) groups is 2. The molecule has 0 heterocycles. The summed E-state index contributed by atoms with van der Waals surface area (Å²) < 4.78 is 26.4. The van der Waals surface area contributed by atoms with Crippen molar-refractivity contribution in [2.75, 3.05) is 24.2 Å². The van der Waals surface area contributed by atoms with Crippen LogP contribution in [0.25, 0.3) is 0 Å². The fourth-order valence-corrected chi connectivity index (χ4v) is 5.04. The van der Waals surface area contributed by atoms with Gasteiger partial charge in [0, 0.05) is 29.2 Å². The first-order valence-electron chi connectivity index (χ1n) is 10.4. The summed E-state index contributed by atoms with van der Waals surface area (Å²) in [6, 6.07) is 9.43. The van der Waals surface area contributed by atoms with E-state index >= 15 is 0 Å². The van der Waals surface area contributed by atoms with Crippen molar-refractivity contribution in [1.29, 1.82) is 0 Å². The number of likely N-dealkylation sites (N-methyl/N-ethyl adjacent to an activating group) is 1. The van der Waals surface area contributed by atoms with E-state index in [1.807, 2.05) is 13.0 Å². The number of halogens is 2. The molecule has 0 spiro atoms. The SMILES string of the molecule is CCC(C(=O)NC)N(Cc1c(Cl)cccc1Cl)C(=O)CN(c1ccc(C)cc1C)S(C)(=O)=O. The number of hydrogen-bond donors (Lipinski definition) is 1. The number of sulfonamides is 1. The van der Waals surface area contributed by atoms with Gasteiger partial charge < -0.3 is 10.2 Å². The second-order valence-corrected chi connectivity index (χ2v) is 10.5. The molecule has 10 heteroatoms. The van der Waals surface area contributed by atoms with Crippen LogP contribution in [0.4, 0.5) is 5.69 Å². The maximum Gasteiger partial charge on any atom is 0.244 e. The van der Waals surface area contributed by atoms with E-state index in [1.165, 1.54) is 11.9 Å². The average Bonchev–Trinajstić information content (AvgIpc) is 2.73. The van der Waals surface area contributed by atoms with Gasteiger partial charge >= 0.3 is 0 Å². The van der Waals surface area contributed by atoms with E-state index in [1.54, 1.807) is 44.2 Å². The second kappa shape index (κ2) is 11.2. The predicted molar refractivity (Wildman–Crippen MR) is 133 cm³/mol. The number of hydrogen-bond acceptors (Lipinski definition) is 4. The summed E-state index contributed by atoms with van der Waals surface area (Å²) in [4.78, 5) is 27.5. The molecule has 0 aliphatic carbocycles. The summed E-state index contributed by atoms with van der Waals surface area (Å²) in [6.45, 7) is 4.93. The van der Waals surface area contributed by atoms with Gasteiger partial charge in [0.05, 0.1) is 11.9 Å². The number of carbonyl (C=O) groups excluding carboxylic acids is 2.